The zero-order chi connectivity index (χ0) is 13.3. The van der Waals surface area contributed by atoms with Crippen LogP contribution in [0.3, 0.4) is 0 Å². The molecule has 1 heterocycles. The molecule has 0 spiro atoms. The van der Waals surface area contributed by atoms with Gasteiger partial charge in [-0.15, -0.1) is 0 Å². The Morgan fingerprint density at radius 3 is 2.72 bits per heavy atom. The van der Waals surface area contributed by atoms with Crippen molar-refractivity contribution in [2.45, 2.75) is 20.3 Å². The molecule has 4 nitrogen and oxygen atoms in total. The van der Waals surface area contributed by atoms with E-state index >= 15 is 0 Å². The first-order valence-corrected chi connectivity index (χ1v) is 6.37. The van der Waals surface area contributed by atoms with Crippen LogP contribution in [0.15, 0.2) is 12.1 Å². The van der Waals surface area contributed by atoms with Gasteiger partial charge in [-0.2, -0.15) is 0 Å². The third-order valence-corrected chi connectivity index (χ3v) is 3.46. The van der Waals surface area contributed by atoms with Gasteiger partial charge in [0.1, 0.15) is 0 Å². The maximum Gasteiger partial charge on any atom is 0.240 e. The average Bonchev–Trinajstić information content (AvgIpc) is 2.49. The van der Waals surface area contributed by atoms with Crippen molar-refractivity contribution in [3.63, 3.8) is 0 Å². The third-order valence-electron chi connectivity index (χ3n) is 3.46. The van der Waals surface area contributed by atoms with Crippen LogP contribution in [0.1, 0.15) is 17.5 Å². The molecular formula is C14H21N3O. The molecule has 0 unspecified atom stereocenters. The van der Waals surface area contributed by atoms with Crippen molar-refractivity contribution in [3.8, 4) is 0 Å². The molecule has 0 radical (unpaired) electrons. The fraction of sp³-hybridized carbons (Fsp3) is 0.500. The SMILES string of the molecule is Cc1cc(C)c2c(c1)N(C)CCCN2C(=O)CN. The van der Waals surface area contributed by atoms with Crippen molar-refractivity contribution in [2.24, 2.45) is 5.73 Å². The van der Waals surface area contributed by atoms with E-state index in [1.807, 2.05) is 4.90 Å². The second-order valence-corrected chi connectivity index (χ2v) is 4.97. The van der Waals surface area contributed by atoms with Crippen LogP contribution in [0.25, 0.3) is 0 Å². The van der Waals surface area contributed by atoms with Gasteiger partial charge < -0.3 is 15.5 Å². The summed E-state index contributed by atoms with van der Waals surface area (Å²) in [6, 6.07) is 4.26. The number of anilines is 2. The third kappa shape index (κ3) is 2.20. The maximum absolute atomic E-state index is 12.0. The first kappa shape index (κ1) is 12.9. The molecule has 1 aliphatic heterocycles. The molecule has 2 rings (SSSR count). The molecule has 0 aromatic heterocycles. The van der Waals surface area contributed by atoms with Gasteiger partial charge in [0.2, 0.25) is 5.91 Å². The van der Waals surface area contributed by atoms with Crippen molar-refractivity contribution >= 4 is 17.3 Å². The summed E-state index contributed by atoms with van der Waals surface area (Å²) in [5.74, 6) is -0.00139. The van der Waals surface area contributed by atoms with Crippen LogP contribution in [-0.4, -0.2) is 32.6 Å². The van der Waals surface area contributed by atoms with Crippen LogP contribution >= 0.6 is 0 Å². The zero-order valence-electron chi connectivity index (χ0n) is 11.4. The highest BCUT2D eigenvalue weighted by molar-refractivity contribution is 5.99. The van der Waals surface area contributed by atoms with Crippen LogP contribution in [-0.2, 0) is 4.79 Å². The lowest BCUT2D eigenvalue weighted by atomic mass is 10.1. The quantitative estimate of drug-likeness (QED) is 0.817. The van der Waals surface area contributed by atoms with Gasteiger partial charge in [-0.05, 0) is 37.5 Å². The Bertz CT molecular complexity index is 470. The van der Waals surface area contributed by atoms with E-state index in [4.69, 9.17) is 5.73 Å². The van der Waals surface area contributed by atoms with Crippen molar-refractivity contribution in [2.75, 3.05) is 36.5 Å². The Balaban J connectivity index is 2.58. The Labute approximate surface area is 108 Å². The van der Waals surface area contributed by atoms with Gasteiger partial charge >= 0.3 is 0 Å². The van der Waals surface area contributed by atoms with E-state index in [1.54, 1.807) is 0 Å². The molecule has 1 aliphatic rings. The molecule has 18 heavy (non-hydrogen) atoms. The van der Waals surface area contributed by atoms with Crippen LogP contribution in [0.5, 0.6) is 0 Å². The molecule has 0 saturated carbocycles. The monoisotopic (exact) mass is 247 g/mol. The van der Waals surface area contributed by atoms with Crippen molar-refractivity contribution < 1.29 is 4.79 Å². The normalized spacial score (nSPS) is 15.3. The Morgan fingerprint density at radius 2 is 2.06 bits per heavy atom. The number of amides is 1. The van der Waals surface area contributed by atoms with Gasteiger partial charge in [0, 0.05) is 20.1 Å². The van der Waals surface area contributed by atoms with Gasteiger partial charge in [0.15, 0.2) is 0 Å². The van der Waals surface area contributed by atoms with E-state index in [1.165, 1.54) is 5.56 Å². The fourth-order valence-corrected chi connectivity index (χ4v) is 2.64. The average molecular weight is 247 g/mol. The summed E-state index contributed by atoms with van der Waals surface area (Å²) < 4.78 is 0. The maximum atomic E-state index is 12.0. The van der Waals surface area contributed by atoms with Gasteiger partial charge in [-0.3, -0.25) is 4.79 Å². The molecule has 4 heteroatoms. The van der Waals surface area contributed by atoms with Gasteiger partial charge in [0.25, 0.3) is 0 Å². The number of nitrogens with zero attached hydrogens (tertiary/aromatic N) is 2. The van der Waals surface area contributed by atoms with E-state index in [0.717, 1.165) is 36.4 Å². The van der Waals surface area contributed by atoms with Gasteiger partial charge in [-0.1, -0.05) is 6.07 Å². The number of rotatable bonds is 1. The van der Waals surface area contributed by atoms with Crippen molar-refractivity contribution in [1.82, 2.24) is 0 Å². The minimum atomic E-state index is -0.00139. The molecule has 0 fully saturated rings. The van der Waals surface area contributed by atoms with Crippen molar-refractivity contribution in [3.05, 3.63) is 23.3 Å². The number of fused-ring (bicyclic) bond motifs is 1. The predicted octanol–water partition coefficient (Wildman–Crippen LogP) is 1.44. The molecule has 0 saturated heterocycles. The largest absolute Gasteiger partial charge is 0.373 e. The lowest BCUT2D eigenvalue weighted by Crippen LogP contribution is -2.37. The second-order valence-electron chi connectivity index (χ2n) is 4.97. The summed E-state index contributed by atoms with van der Waals surface area (Å²) in [7, 11) is 2.08. The predicted molar refractivity (Wildman–Crippen MR) is 75.2 cm³/mol. The lowest BCUT2D eigenvalue weighted by molar-refractivity contribution is -0.117. The second kappa shape index (κ2) is 4.98. The number of carbonyl (C=O) groups is 1. The van der Waals surface area contributed by atoms with Gasteiger partial charge in [0.05, 0.1) is 17.9 Å². The molecule has 1 aromatic carbocycles. The van der Waals surface area contributed by atoms with Crippen LogP contribution in [0.2, 0.25) is 0 Å². The summed E-state index contributed by atoms with van der Waals surface area (Å²) >= 11 is 0. The Hall–Kier alpha value is -1.55. The lowest BCUT2D eigenvalue weighted by Gasteiger charge is -2.26. The van der Waals surface area contributed by atoms with Gasteiger partial charge in [-0.25, -0.2) is 0 Å². The number of aryl methyl sites for hydroxylation is 2. The van der Waals surface area contributed by atoms with E-state index < -0.39 is 0 Å². The molecule has 0 aliphatic carbocycles. The molecular weight excluding hydrogens is 226 g/mol. The molecule has 98 valence electrons. The standard InChI is InChI=1S/C14H21N3O/c1-10-7-11(2)14-12(8-10)16(3)5-4-6-17(14)13(18)9-15/h7-8H,4-6,9,15H2,1-3H3. The van der Waals surface area contributed by atoms with Crippen LogP contribution in [0, 0.1) is 13.8 Å². The topological polar surface area (TPSA) is 49.6 Å². The van der Waals surface area contributed by atoms with Crippen LogP contribution < -0.4 is 15.5 Å². The summed E-state index contributed by atoms with van der Waals surface area (Å²) in [6.07, 6.45) is 0.968. The fourth-order valence-electron chi connectivity index (χ4n) is 2.64. The molecule has 1 amide bonds. The van der Waals surface area contributed by atoms with E-state index in [0.29, 0.717) is 0 Å². The highest BCUT2D eigenvalue weighted by Gasteiger charge is 2.24. The van der Waals surface area contributed by atoms with Crippen molar-refractivity contribution in [1.29, 1.82) is 0 Å². The Morgan fingerprint density at radius 1 is 1.33 bits per heavy atom. The highest BCUT2D eigenvalue weighted by atomic mass is 16.2. The van der Waals surface area contributed by atoms with E-state index in [9.17, 15) is 4.79 Å². The van der Waals surface area contributed by atoms with E-state index in [-0.39, 0.29) is 12.5 Å². The first-order chi connectivity index (χ1) is 8.54. The summed E-state index contributed by atoms with van der Waals surface area (Å²) in [4.78, 5) is 16.1. The number of benzene rings is 1. The Kier molecular flexibility index (Phi) is 3.57. The molecule has 2 N–H and O–H groups in total. The molecule has 0 atom stereocenters. The summed E-state index contributed by atoms with van der Waals surface area (Å²) in [5.41, 5.74) is 10.0. The zero-order valence-corrected chi connectivity index (χ0v) is 11.4. The number of hydrogen-bond donors (Lipinski definition) is 1. The summed E-state index contributed by atoms with van der Waals surface area (Å²) in [6.45, 7) is 5.92. The van der Waals surface area contributed by atoms with Crippen LogP contribution in [0.4, 0.5) is 11.4 Å². The number of carbonyl (C=O) groups excluding carboxylic acids is 1. The highest BCUT2D eigenvalue weighted by Crippen LogP contribution is 2.35. The number of nitrogens with two attached hydrogens (primary N) is 1. The molecule has 0 bridgehead atoms. The van der Waals surface area contributed by atoms with E-state index in [2.05, 4.69) is 37.9 Å². The number of hydrogen-bond acceptors (Lipinski definition) is 3. The molecule has 1 aromatic rings. The summed E-state index contributed by atoms with van der Waals surface area (Å²) in [5, 5.41) is 0. The minimum absolute atomic E-state index is 0.00139. The smallest absolute Gasteiger partial charge is 0.240 e. The first-order valence-electron chi connectivity index (χ1n) is 6.37. The minimum Gasteiger partial charge on any atom is -0.373 e.